The lowest BCUT2D eigenvalue weighted by Gasteiger charge is -2.11. The molecule has 4 aromatic rings. The molecule has 0 saturated heterocycles. The minimum absolute atomic E-state index is 0.327. The van der Waals surface area contributed by atoms with E-state index in [4.69, 9.17) is 14.2 Å². The van der Waals surface area contributed by atoms with Crippen LogP contribution in [0.25, 0.3) is 10.8 Å². The second-order valence-corrected chi connectivity index (χ2v) is 8.33. The van der Waals surface area contributed by atoms with E-state index < -0.39 is 5.97 Å². The molecule has 0 aliphatic rings. The van der Waals surface area contributed by atoms with Crippen LogP contribution in [0.4, 0.5) is 11.4 Å². The molecule has 0 bridgehead atoms. The molecule has 4 aromatic carbocycles. The quantitative estimate of drug-likeness (QED) is 0.0930. The van der Waals surface area contributed by atoms with Gasteiger partial charge in [-0.3, -0.25) is 0 Å². The number of carbonyl (C=O) groups is 1. The molecular weight excluding hydrogens is 452 g/mol. The lowest BCUT2D eigenvalue weighted by molar-refractivity contribution is 0.0735. The van der Waals surface area contributed by atoms with Crippen molar-refractivity contribution in [1.29, 1.82) is 0 Å². The minimum atomic E-state index is -0.478. The molecule has 0 fully saturated rings. The van der Waals surface area contributed by atoms with Crippen LogP contribution in [0.1, 0.15) is 43.0 Å². The van der Waals surface area contributed by atoms with E-state index >= 15 is 0 Å². The van der Waals surface area contributed by atoms with Crippen molar-refractivity contribution in [1.82, 2.24) is 0 Å². The van der Waals surface area contributed by atoms with E-state index in [0.717, 1.165) is 29.4 Å². The van der Waals surface area contributed by atoms with E-state index in [-0.39, 0.29) is 0 Å². The zero-order chi connectivity index (χ0) is 25.2. The summed E-state index contributed by atoms with van der Waals surface area (Å²) in [5, 5.41) is 10.7. The Hall–Kier alpha value is -4.19. The van der Waals surface area contributed by atoms with Crippen LogP contribution in [-0.4, -0.2) is 19.7 Å². The predicted octanol–water partition coefficient (Wildman–Crippen LogP) is 8.44. The fraction of sp³-hybridized carbons (Fsp3) is 0.233. The van der Waals surface area contributed by atoms with Gasteiger partial charge in [0.25, 0.3) is 0 Å². The molecule has 4 rings (SSSR count). The SMILES string of the molecule is CCCCCCOc1ccc(C(=O)Oc2ccc3ccccc3c2N=Nc2ccccc2OC)cc1. The maximum atomic E-state index is 13.0. The summed E-state index contributed by atoms with van der Waals surface area (Å²) in [7, 11) is 1.59. The van der Waals surface area contributed by atoms with Gasteiger partial charge in [0.1, 0.15) is 22.9 Å². The van der Waals surface area contributed by atoms with Gasteiger partial charge in [0.15, 0.2) is 5.75 Å². The second-order valence-electron chi connectivity index (χ2n) is 8.33. The molecule has 0 heterocycles. The van der Waals surface area contributed by atoms with E-state index in [2.05, 4.69) is 17.2 Å². The number of esters is 1. The highest BCUT2D eigenvalue weighted by atomic mass is 16.5. The second kappa shape index (κ2) is 12.5. The van der Waals surface area contributed by atoms with Crippen LogP contribution in [0.3, 0.4) is 0 Å². The Labute approximate surface area is 211 Å². The van der Waals surface area contributed by atoms with Crippen LogP contribution in [0.15, 0.2) is 95.2 Å². The standard InChI is InChI=1S/C30H30N2O4/c1-3-4-5-10-21-35-24-18-15-23(16-19-24)30(33)36-28-20-17-22-11-6-7-12-25(22)29(28)32-31-26-13-8-9-14-27(26)34-2/h6-9,11-20H,3-5,10,21H2,1-2H3. The Kier molecular flexibility index (Phi) is 8.65. The third-order valence-electron chi connectivity index (χ3n) is 5.77. The first-order valence-electron chi connectivity index (χ1n) is 12.2. The van der Waals surface area contributed by atoms with Crippen molar-refractivity contribution in [3.63, 3.8) is 0 Å². The van der Waals surface area contributed by atoms with Crippen molar-refractivity contribution in [3.8, 4) is 17.2 Å². The molecule has 0 radical (unpaired) electrons. The van der Waals surface area contributed by atoms with Gasteiger partial charge in [-0.25, -0.2) is 4.79 Å². The number of carbonyl (C=O) groups excluding carboxylic acids is 1. The van der Waals surface area contributed by atoms with Gasteiger partial charge in [-0.1, -0.05) is 68.7 Å². The van der Waals surface area contributed by atoms with Crippen molar-refractivity contribution in [3.05, 3.63) is 90.5 Å². The van der Waals surface area contributed by atoms with Gasteiger partial charge < -0.3 is 14.2 Å². The number of hydrogen-bond donors (Lipinski definition) is 0. The molecule has 0 aliphatic carbocycles. The van der Waals surface area contributed by atoms with Crippen molar-refractivity contribution in [2.24, 2.45) is 10.2 Å². The van der Waals surface area contributed by atoms with E-state index in [1.807, 2.05) is 54.6 Å². The Morgan fingerprint density at radius 1 is 0.778 bits per heavy atom. The molecule has 6 heteroatoms. The van der Waals surface area contributed by atoms with Crippen LogP contribution in [-0.2, 0) is 0 Å². The van der Waals surface area contributed by atoms with Crippen LogP contribution in [0.2, 0.25) is 0 Å². The van der Waals surface area contributed by atoms with Crippen LogP contribution in [0.5, 0.6) is 17.2 Å². The van der Waals surface area contributed by atoms with Crippen molar-refractivity contribution in [2.45, 2.75) is 32.6 Å². The molecule has 6 nitrogen and oxygen atoms in total. The first-order chi connectivity index (χ1) is 17.7. The van der Waals surface area contributed by atoms with Crippen LogP contribution < -0.4 is 14.2 Å². The largest absolute Gasteiger partial charge is 0.494 e. The first-order valence-corrected chi connectivity index (χ1v) is 12.2. The third-order valence-corrected chi connectivity index (χ3v) is 5.77. The van der Waals surface area contributed by atoms with E-state index in [1.54, 1.807) is 37.4 Å². The highest BCUT2D eigenvalue weighted by Gasteiger charge is 2.15. The molecule has 0 aliphatic heterocycles. The molecule has 36 heavy (non-hydrogen) atoms. The number of unbranched alkanes of at least 4 members (excludes halogenated alkanes) is 3. The minimum Gasteiger partial charge on any atom is -0.494 e. The van der Waals surface area contributed by atoms with Crippen molar-refractivity contribution < 1.29 is 19.0 Å². The summed E-state index contributed by atoms with van der Waals surface area (Å²) in [6, 6.07) is 25.8. The van der Waals surface area contributed by atoms with E-state index in [1.165, 1.54) is 12.8 Å². The first kappa shape index (κ1) is 24.9. The number of nitrogens with zero attached hydrogens (tertiary/aromatic N) is 2. The average molecular weight is 483 g/mol. The number of fused-ring (bicyclic) bond motifs is 1. The molecule has 0 spiro atoms. The summed E-state index contributed by atoms with van der Waals surface area (Å²) in [6.07, 6.45) is 4.58. The number of ether oxygens (including phenoxy) is 3. The monoisotopic (exact) mass is 482 g/mol. The van der Waals surface area contributed by atoms with Gasteiger partial charge in [0, 0.05) is 5.39 Å². The van der Waals surface area contributed by atoms with Gasteiger partial charge in [-0.2, -0.15) is 0 Å². The average Bonchev–Trinajstić information content (AvgIpc) is 2.92. The molecular formula is C30H30N2O4. The van der Waals surface area contributed by atoms with Gasteiger partial charge in [-0.05, 0) is 54.3 Å². The van der Waals surface area contributed by atoms with E-state index in [9.17, 15) is 4.79 Å². The van der Waals surface area contributed by atoms with Gasteiger partial charge >= 0.3 is 5.97 Å². The van der Waals surface area contributed by atoms with Crippen molar-refractivity contribution in [2.75, 3.05) is 13.7 Å². The lowest BCUT2D eigenvalue weighted by Crippen LogP contribution is -2.08. The Morgan fingerprint density at radius 3 is 2.36 bits per heavy atom. The van der Waals surface area contributed by atoms with E-state index in [0.29, 0.717) is 35.0 Å². The fourth-order valence-electron chi connectivity index (χ4n) is 3.80. The summed E-state index contributed by atoms with van der Waals surface area (Å²) in [5.74, 6) is 1.19. The number of para-hydroxylation sites is 1. The summed E-state index contributed by atoms with van der Waals surface area (Å²) in [4.78, 5) is 13.0. The van der Waals surface area contributed by atoms with Gasteiger partial charge in [0.2, 0.25) is 0 Å². The van der Waals surface area contributed by atoms with Crippen molar-refractivity contribution >= 4 is 28.1 Å². The molecule has 0 amide bonds. The highest BCUT2D eigenvalue weighted by Crippen LogP contribution is 2.38. The predicted molar refractivity (Wildman–Crippen MR) is 142 cm³/mol. The number of methoxy groups -OCH3 is 1. The smallest absolute Gasteiger partial charge is 0.343 e. The lowest BCUT2D eigenvalue weighted by atomic mass is 10.1. The molecule has 0 atom stereocenters. The highest BCUT2D eigenvalue weighted by molar-refractivity contribution is 5.98. The third kappa shape index (κ3) is 6.27. The molecule has 0 unspecified atom stereocenters. The normalized spacial score (nSPS) is 11.1. The van der Waals surface area contributed by atoms with Crippen LogP contribution >= 0.6 is 0 Å². The summed E-state index contributed by atoms with van der Waals surface area (Å²) in [6.45, 7) is 2.85. The van der Waals surface area contributed by atoms with Gasteiger partial charge in [-0.15, -0.1) is 10.2 Å². The summed E-state index contributed by atoms with van der Waals surface area (Å²) >= 11 is 0. The molecule has 0 N–H and O–H groups in total. The Balaban J connectivity index is 1.54. The summed E-state index contributed by atoms with van der Waals surface area (Å²) < 4.78 is 16.9. The number of rotatable bonds is 11. The number of hydrogen-bond acceptors (Lipinski definition) is 6. The van der Waals surface area contributed by atoms with Gasteiger partial charge in [0.05, 0.1) is 19.3 Å². The topological polar surface area (TPSA) is 69.5 Å². The number of azo groups is 1. The maximum absolute atomic E-state index is 13.0. The zero-order valence-electron chi connectivity index (χ0n) is 20.6. The van der Waals surface area contributed by atoms with Crippen LogP contribution in [0, 0.1) is 0 Å². The molecule has 0 saturated carbocycles. The molecule has 184 valence electrons. The summed E-state index contributed by atoms with van der Waals surface area (Å²) in [5.41, 5.74) is 1.48. The Morgan fingerprint density at radius 2 is 1.56 bits per heavy atom. The Bertz CT molecular complexity index is 1330. The fourth-order valence-corrected chi connectivity index (χ4v) is 3.80. The maximum Gasteiger partial charge on any atom is 0.343 e. The molecule has 0 aromatic heterocycles. The number of benzene rings is 4. The zero-order valence-corrected chi connectivity index (χ0v) is 20.6.